The number of ether oxygens (including phenoxy) is 2. The lowest BCUT2D eigenvalue weighted by Gasteiger charge is -2.14. The Hall–Kier alpha value is -2.80. The van der Waals surface area contributed by atoms with E-state index >= 15 is 0 Å². The Morgan fingerprint density at radius 2 is 1.82 bits per heavy atom. The van der Waals surface area contributed by atoms with Crippen molar-refractivity contribution in [1.82, 2.24) is 10.9 Å². The second-order valence-corrected chi connectivity index (χ2v) is 7.17. The number of carbonyl (C=O) groups excluding carboxylic acids is 2. The summed E-state index contributed by atoms with van der Waals surface area (Å²) in [6.45, 7) is 7.84. The largest absolute Gasteiger partial charge is 0.490 e. The van der Waals surface area contributed by atoms with Crippen LogP contribution in [0.25, 0.3) is 0 Å². The third-order valence-corrected chi connectivity index (χ3v) is 4.25. The van der Waals surface area contributed by atoms with Gasteiger partial charge in [0.15, 0.2) is 6.61 Å². The fourth-order valence-electron chi connectivity index (χ4n) is 2.34. The van der Waals surface area contributed by atoms with Crippen LogP contribution >= 0.6 is 15.9 Å². The fraction of sp³-hybridized carbons (Fsp3) is 0.238. The molecule has 7 heteroatoms. The summed E-state index contributed by atoms with van der Waals surface area (Å²) in [5, 5.41) is 0. The van der Waals surface area contributed by atoms with Crippen molar-refractivity contribution in [3.05, 3.63) is 70.7 Å². The summed E-state index contributed by atoms with van der Waals surface area (Å²) in [7, 11) is 0. The Balaban J connectivity index is 1.84. The van der Waals surface area contributed by atoms with E-state index in [0.717, 1.165) is 10.0 Å². The number of hydrogen-bond acceptors (Lipinski definition) is 4. The first-order valence-electron chi connectivity index (χ1n) is 8.76. The number of carbonyl (C=O) groups is 2. The number of nitrogens with one attached hydrogen (secondary N) is 2. The minimum Gasteiger partial charge on any atom is -0.490 e. The highest BCUT2D eigenvalue weighted by Crippen LogP contribution is 2.29. The molecular formula is C21H23BrN2O4. The van der Waals surface area contributed by atoms with E-state index in [1.807, 2.05) is 26.0 Å². The molecule has 0 aliphatic rings. The minimum atomic E-state index is -0.461. The topological polar surface area (TPSA) is 76.7 Å². The maximum atomic E-state index is 12.1. The molecule has 28 heavy (non-hydrogen) atoms. The fourth-order valence-corrected chi connectivity index (χ4v) is 2.72. The van der Waals surface area contributed by atoms with Crippen LogP contribution in [0.1, 0.15) is 35.7 Å². The predicted octanol–water partition coefficient (Wildman–Crippen LogP) is 3.98. The van der Waals surface area contributed by atoms with Crippen LogP contribution in [-0.4, -0.2) is 25.0 Å². The van der Waals surface area contributed by atoms with Gasteiger partial charge in [0, 0.05) is 10.0 Å². The van der Waals surface area contributed by atoms with E-state index in [-0.39, 0.29) is 12.5 Å². The lowest BCUT2D eigenvalue weighted by atomic mass is 10.0. The van der Waals surface area contributed by atoms with Crippen molar-refractivity contribution in [2.24, 2.45) is 0 Å². The number of amides is 2. The molecule has 2 N–H and O–H groups in total. The Morgan fingerprint density at radius 1 is 1.11 bits per heavy atom. The van der Waals surface area contributed by atoms with Crippen LogP contribution in [0.3, 0.4) is 0 Å². The van der Waals surface area contributed by atoms with Crippen molar-refractivity contribution in [2.75, 3.05) is 13.2 Å². The van der Waals surface area contributed by atoms with Crippen molar-refractivity contribution in [1.29, 1.82) is 0 Å². The van der Waals surface area contributed by atoms with E-state index in [4.69, 9.17) is 9.47 Å². The van der Waals surface area contributed by atoms with Crippen LogP contribution in [0.4, 0.5) is 0 Å². The average molecular weight is 447 g/mol. The van der Waals surface area contributed by atoms with Gasteiger partial charge >= 0.3 is 0 Å². The maximum Gasteiger partial charge on any atom is 0.276 e. The van der Waals surface area contributed by atoms with Gasteiger partial charge < -0.3 is 9.47 Å². The summed E-state index contributed by atoms with van der Waals surface area (Å²) in [4.78, 5) is 24.1. The van der Waals surface area contributed by atoms with Gasteiger partial charge in [-0.05, 0) is 53.9 Å². The van der Waals surface area contributed by atoms with Crippen LogP contribution in [-0.2, 0) is 4.79 Å². The minimum absolute atomic E-state index is 0.212. The summed E-state index contributed by atoms with van der Waals surface area (Å²) in [6, 6.07) is 12.2. The average Bonchev–Trinajstić information content (AvgIpc) is 2.69. The van der Waals surface area contributed by atoms with Crippen molar-refractivity contribution < 1.29 is 19.1 Å². The molecule has 0 aromatic heterocycles. The maximum absolute atomic E-state index is 12.1. The Kier molecular flexibility index (Phi) is 8.07. The number of hydrogen-bond donors (Lipinski definition) is 2. The van der Waals surface area contributed by atoms with E-state index in [0.29, 0.717) is 23.7 Å². The van der Waals surface area contributed by atoms with E-state index in [9.17, 15) is 9.59 Å². The number of rotatable bonds is 8. The van der Waals surface area contributed by atoms with Gasteiger partial charge in [0.1, 0.15) is 18.1 Å². The predicted molar refractivity (Wildman–Crippen MR) is 111 cm³/mol. The number of halogens is 1. The Labute approximate surface area is 173 Å². The Morgan fingerprint density at radius 3 is 2.46 bits per heavy atom. The highest BCUT2D eigenvalue weighted by molar-refractivity contribution is 9.10. The zero-order valence-corrected chi connectivity index (χ0v) is 17.4. The number of hydrazine groups is 1. The van der Waals surface area contributed by atoms with Gasteiger partial charge in [-0.25, -0.2) is 0 Å². The lowest BCUT2D eigenvalue weighted by Crippen LogP contribution is -2.43. The SMILES string of the molecule is C=CCOc1ccc(C(=O)NNC(=O)COc2ccc(Br)cc2C(C)C)cc1. The molecule has 0 aliphatic heterocycles. The van der Waals surface area contributed by atoms with Gasteiger partial charge in [-0.15, -0.1) is 0 Å². The first-order chi connectivity index (χ1) is 13.4. The van der Waals surface area contributed by atoms with E-state index in [1.54, 1.807) is 36.4 Å². The summed E-state index contributed by atoms with van der Waals surface area (Å²) in [5.74, 6) is 0.611. The summed E-state index contributed by atoms with van der Waals surface area (Å²) >= 11 is 3.43. The van der Waals surface area contributed by atoms with Crippen LogP contribution in [0.2, 0.25) is 0 Å². The molecule has 0 spiro atoms. The Bertz CT molecular complexity index is 835. The normalized spacial score (nSPS) is 10.3. The second-order valence-electron chi connectivity index (χ2n) is 6.25. The number of benzene rings is 2. The third kappa shape index (κ3) is 6.42. The molecule has 0 atom stereocenters. The molecule has 148 valence electrons. The van der Waals surface area contributed by atoms with Gasteiger partial charge in [0.25, 0.3) is 11.8 Å². The quantitative estimate of drug-likeness (QED) is 0.474. The summed E-state index contributed by atoms with van der Waals surface area (Å²) in [5.41, 5.74) is 6.09. The van der Waals surface area contributed by atoms with Crippen LogP contribution in [0.15, 0.2) is 59.6 Å². The van der Waals surface area contributed by atoms with Crippen LogP contribution < -0.4 is 20.3 Å². The highest BCUT2D eigenvalue weighted by Gasteiger charge is 2.12. The highest BCUT2D eigenvalue weighted by atomic mass is 79.9. The zero-order valence-electron chi connectivity index (χ0n) is 15.8. The monoisotopic (exact) mass is 446 g/mol. The van der Waals surface area contributed by atoms with Gasteiger partial charge in [-0.3, -0.25) is 20.4 Å². The molecule has 0 saturated heterocycles. The van der Waals surface area contributed by atoms with E-state index < -0.39 is 11.8 Å². The van der Waals surface area contributed by atoms with E-state index in [1.165, 1.54) is 0 Å². The molecule has 2 aromatic rings. The van der Waals surface area contributed by atoms with Gasteiger partial charge in [-0.2, -0.15) is 0 Å². The molecule has 0 radical (unpaired) electrons. The van der Waals surface area contributed by atoms with Crippen molar-refractivity contribution >= 4 is 27.7 Å². The molecule has 0 heterocycles. The zero-order chi connectivity index (χ0) is 20.5. The van der Waals surface area contributed by atoms with Crippen molar-refractivity contribution in [3.8, 4) is 11.5 Å². The molecular weight excluding hydrogens is 424 g/mol. The van der Waals surface area contributed by atoms with Crippen LogP contribution in [0.5, 0.6) is 11.5 Å². The standard InChI is InChI=1S/C21H23BrN2O4/c1-4-11-27-17-8-5-15(6-9-17)21(26)24-23-20(25)13-28-19-10-7-16(22)12-18(19)14(2)3/h4-10,12,14H,1,11,13H2,2-3H3,(H,23,25)(H,24,26). The molecule has 0 saturated carbocycles. The molecule has 0 fully saturated rings. The van der Waals surface area contributed by atoms with Gasteiger partial charge in [-0.1, -0.05) is 42.4 Å². The third-order valence-electron chi connectivity index (χ3n) is 3.75. The first-order valence-corrected chi connectivity index (χ1v) is 9.55. The van der Waals surface area contributed by atoms with Crippen LogP contribution in [0, 0.1) is 0 Å². The van der Waals surface area contributed by atoms with Gasteiger partial charge in [0.2, 0.25) is 0 Å². The lowest BCUT2D eigenvalue weighted by molar-refractivity contribution is -0.123. The molecule has 0 aliphatic carbocycles. The molecule has 0 bridgehead atoms. The summed E-state index contributed by atoms with van der Waals surface area (Å²) in [6.07, 6.45) is 1.64. The first kappa shape index (κ1) is 21.5. The second kappa shape index (κ2) is 10.5. The smallest absolute Gasteiger partial charge is 0.276 e. The van der Waals surface area contributed by atoms with Gasteiger partial charge in [0.05, 0.1) is 0 Å². The summed E-state index contributed by atoms with van der Waals surface area (Å²) < 4.78 is 11.9. The molecule has 0 unspecified atom stereocenters. The van der Waals surface area contributed by atoms with E-state index in [2.05, 4.69) is 33.4 Å². The van der Waals surface area contributed by atoms with Crippen molar-refractivity contribution in [2.45, 2.75) is 19.8 Å². The molecule has 2 rings (SSSR count). The molecule has 6 nitrogen and oxygen atoms in total. The molecule has 2 amide bonds. The van der Waals surface area contributed by atoms with Crippen molar-refractivity contribution in [3.63, 3.8) is 0 Å². The molecule has 2 aromatic carbocycles.